The van der Waals surface area contributed by atoms with Crippen LogP contribution in [0.5, 0.6) is 0 Å². The first-order valence-electron chi connectivity index (χ1n) is 5.91. The molecule has 2 aliphatic rings. The molecule has 2 amide bonds. The summed E-state index contributed by atoms with van der Waals surface area (Å²) in [6.07, 6.45) is 0. The number of carbonyl (C=O) groups excluding carboxylic acids is 1. The largest absolute Gasteiger partial charge is 0.372 e. The lowest BCUT2D eigenvalue weighted by Crippen LogP contribution is -2.44. The first-order chi connectivity index (χ1) is 8.11. The number of hydrogen-bond acceptors (Lipinski definition) is 2. The molecule has 3 rings (SSSR count). The van der Waals surface area contributed by atoms with Gasteiger partial charge < -0.3 is 14.7 Å². The molecule has 0 aliphatic carbocycles. The van der Waals surface area contributed by atoms with Crippen LogP contribution in [0.4, 0.5) is 10.5 Å². The number of rotatable bonds is 0. The highest BCUT2D eigenvalue weighted by Crippen LogP contribution is 2.41. The number of anilines is 1. The SMILES string of the molecule is CN1CC2C(c3ccccc31)N(C)C(=O)N2C. The lowest BCUT2D eigenvalue weighted by molar-refractivity contribution is 0.200. The maximum Gasteiger partial charge on any atom is 0.320 e. The Balaban J connectivity index is 2.13. The molecule has 90 valence electrons. The molecule has 1 fully saturated rings. The predicted octanol–water partition coefficient (Wildman–Crippen LogP) is 1.54. The van der Waals surface area contributed by atoms with Crippen molar-refractivity contribution in [3.63, 3.8) is 0 Å². The van der Waals surface area contributed by atoms with Gasteiger partial charge in [0.05, 0.1) is 12.1 Å². The van der Waals surface area contributed by atoms with Gasteiger partial charge in [-0.2, -0.15) is 0 Å². The molecule has 2 heterocycles. The number of benzene rings is 1. The number of likely N-dealkylation sites (N-methyl/N-ethyl adjacent to an activating group) is 3. The van der Waals surface area contributed by atoms with Crippen molar-refractivity contribution in [2.45, 2.75) is 12.1 Å². The van der Waals surface area contributed by atoms with Gasteiger partial charge >= 0.3 is 6.03 Å². The Morgan fingerprint density at radius 2 is 1.82 bits per heavy atom. The summed E-state index contributed by atoms with van der Waals surface area (Å²) in [5, 5.41) is 0. The fraction of sp³-hybridized carbons (Fsp3) is 0.462. The van der Waals surface area contributed by atoms with Crippen molar-refractivity contribution in [1.29, 1.82) is 0 Å². The third-order valence-corrected chi connectivity index (χ3v) is 4.01. The van der Waals surface area contributed by atoms with Gasteiger partial charge in [-0.15, -0.1) is 0 Å². The summed E-state index contributed by atoms with van der Waals surface area (Å²) < 4.78 is 0. The normalized spacial score (nSPS) is 27.2. The summed E-state index contributed by atoms with van der Waals surface area (Å²) in [5.41, 5.74) is 2.50. The van der Waals surface area contributed by atoms with E-state index >= 15 is 0 Å². The minimum atomic E-state index is 0.116. The summed E-state index contributed by atoms with van der Waals surface area (Å²) in [7, 11) is 5.88. The van der Waals surface area contributed by atoms with Crippen molar-refractivity contribution >= 4 is 11.7 Å². The van der Waals surface area contributed by atoms with E-state index < -0.39 is 0 Å². The molecule has 2 atom stereocenters. The summed E-state index contributed by atoms with van der Waals surface area (Å²) in [4.78, 5) is 18.0. The highest BCUT2D eigenvalue weighted by atomic mass is 16.2. The molecule has 0 N–H and O–H groups in total. The smallest absolute Gasteiger partial charge is 0.320 e. The van der Waals surface area contributed by atoms with Crippen LogP contribution in [-0.2, 0) is 0 Å². The standard InChI is InChI=1S/C13H17N3O/c1-14-8-11-12(16(3)13(17)15(11)2)9-6-4-5-7-10(9)14/h4-7,11-12H,8H2,1-3H3. The van der Waals surface area contributed by atoms with Crippen LogP contribution in [0.15, 0.2) is 24.3 Å². The first-order valence-corrected chi connectivity index (χ1v) is 5.91. The molecule has 0 saturated carbocycles. The Morgan fingerprint density at radius 3 is 2.59 bits per heavy atom. The monoisotopic (exact) mass is 231 g/mol. The van der Waals surface area contributed by atoms with Crippen LogP contribution >= 0.6 is 0 Å². The topological polar surface area (TPSA) is 26.8 Å². The van der Waals surface area contributed by atoms with Gasteiger partial charge in [-0.25, -0.2) is 4.79 Å². The van der Waals surface area contributed by atoms with E-state index in [1.54, 1.807) is 0 Å². The van der Waals surface area contributed by atoms with E-state index in [1.165, 1.54) is 11.3 Å². The lowest BCUT2D eigenvalue weighted by Gasteiger charge is -2.38. The van der Waals surface area contributed by atoms with Gasteiger partial charge in [0.25, 0.3) is 0 Å². The second-order valence-electron chi connectivity index (χ2n) is 4.96. The summed E-state index contributed by atoms with van der Waals surface area (Å²) >= 11 is 0. The zero-order valence-electron chi connectivity index (χ0n) is 10.4. The molecule has 0 aromatic heterocycles. The summed E-state index contributed by atoms with van der Waals surface area (Å²) in [6.45, 7) is 0.897. The molecule has 0 spiro atoms. The number of nitrogens with zero attached hydrogens (tertiary/aromatic N) is 3. The number of amides is 2. The average molecular weight is 231 g/mol. The molecular formula is C13H17N3O. The van der Waals surface area contributed by atoms with Gasteiger partial charge in [-0.05, 0) is 6.07 Å². The van der Waals surface area contributed by atoms with Crippen LogP contribution in [0.2, 0.25) is 0 Å². The van der Waals surface area contributed by atoms with Gasteiger partial charge in [-0.3, -0.25) is 0 Å². The second-order valence-corrected chi connectivity index (χ2v) is 4.96. The molecule has 2 unspecified atom stereocenters. The van der Waals surface area contributed by atoms with Gasteiger partial charge in [0.1, 0.15) is 0 Å². The first kappa shape index (κ1) is 10.4. The van der Waals surface area contributed by atoms with E-state index in [-0.39, 0.29) is 18.1 Å². The Labute approximate surface area is 101 Å². The number of para-hydroxylation sites is 1. The number of hydrogen-bond donors (Lipinski definition) is 0. The van der Waals surface area contributed by atoms with Crippen LogP contribution in [-0.4, -0.2) is 49.6 Å². The fourth-order valence-corrected chi connectivity index (χ4v) is 3.08. The molecular weight excluding hydrogens is 214 g/mol. The van der Waals surface area contributed by atoms with E-state index in [9.17, 15) is 4.79 Å². The fourth-order valence-electron chi connectivity index (χ4n) is 3.08. The molecule has 1 aromatic carbocycles. The number of carbonyl (C=O) groups is 1. The van der Waals surface area contributed by atoms with E-state index in [1.807, 2.05) is 30.0 Å². The van der Waals surface area contributed by atoms with Gasteiger partial charge in [-0.1, -0.05) is 18.2 Å². The van der Waals surface area contributed by atoms with Crippen molar-refractivity contribution in [2.75, 3.05) is 32.6 Å². The maximum atomic E-state index is 12.0. The molecule has 4 nitrogen and oxygen atoms in total. The minimum Gasteiger partial charge on any atom is -0.372 e. The van der Waals surface area contributed by atoms with Crippen molar-refractivity contribution in [3.05, 3.63) is 29.8 Å². The van der Waals surface area contributed by atoms with E-state index in [0.29, 0.717) is 0 Å². The van der Waals surface area contributed by atoms with E-state index in [4.69, 9.17) is 0 Å². The molecule has 0 bridgehead atoms. The zero-order chi connectivity index (χ0) is 12.2. The van der Waals surface area contributed by atoms with Crippen LogP contribution < -0.4 is 4.90 Å². The Morgan fingerprint density at radius 1 is 1.12 bits per heavy atom. The molecule has 4 heteroatoms. The van der Waals surface area contributed by atoms with E-state index in [0.717, 1.165) is 6.54 Å². The van der Waals surface area contributed by atoms with Gasteiger partial charge in [0, 0.05) is 38.9 Å². The lowest BCUT2D eigenvalue weighted by atomic mass is 9.93. The highest BCUT2D eigenvalue weighted by molar-refractivity contribution is 5.79. The average Bonchev–Trinajstić information content (AvgIpc) is 2.55. The molecule has 17 heavy (non-hydrogen) atoms. The van der Waals surface area contributed by atoms with Gasteiger partial charge in [0.15, 0.2) is 0 Å². The predicted molar refractivity (Wildman–Crippen MR) is 67.2 cm³/mol. The van der Waals surface area contributed by atoms with Crippen LogP contribution in [0.25, 0.3) is 0 Å². The minimum absolute atomic E-state index is 0.116. The number of urea groups is 1. The summed E-state index contributed by atoms with van der Waals surface area (Å²) in [5.74, 6) is 0. The third kappa shape index (κ3) is 1.27. The molecule has 0 radical (unpaired) electrons. The Bertz CT molecular complexity index is 473. The van der Waals surface area contributed by atoms with Gasteiger partial charge in [0.2, 0.25) is 0 Å². The van der Waals surface area contributed by atoms with Crippen molar-refractivity contribution < 1.29 is 4.79 Å². The van der Waals surface area contributed by atoms with Crippen LogP contribution in [0.3, 0.4) is 0 Å². The quantitative estimate of drug-likeness (QED) is 0.677. The molecule has 2 aliphatic heterocycles. The maximum absolute atomic E-state index is 12.0. The van der Waals surface area contributed by atoms with E-state index in [2.05, 4.69) is 30.1 Å². The van der Waals surface area contributed by atoms with Crippen LogP contribution in [0.1, 0.15) is 11.6 Å². The Hall–Kier alpha value is -1.71. The highest BCUT2D eigenvalue weighted by Gasteiger charge is 2.46. The summed E-state index contributed by atoms with van der Waals surface area (Å²) in [6, 6.07) is 8.92. The van der Waals surface area contributed by atoms with Crippen LogP contribution in [0, 0.1) is 0 Å². The van der Waals surface area contributed by atoms with Crippen molar-refractivity contribution in [3.8, 4) is 0 Å². The zero-order valence-corrected chi connectivity index (χ0v) is 10.4. The third-order valence-electron chi connectivity index (χ3n) is 4.01. The number of fused-ring (bicyclic) bond motifs is 3. The van der Waals surface area contributed by atoms with Crippen molar-refractivity contribution in [2.24, 2.45) is 0 Å². The second kappa shape index (κ2) is 3.39. The Kier molecular flexibility index (Phi) is 2.08. The molecule has 1 saturated heterocycles. The van der Waals surface area contributed by atoms with Crippen molar-refractivity contribution in [1.82, 2.24) is 9.80 Å². The molecule has 1 aromatic rings.